The van der Waals surface area contributed by atoms with Gasteiger partial charge in [0.2, 0.25) is 5.95 Å². The summed E-state index contributed by atoms with van der Waals surface area (Å²) in [6, 6.07) is 0. The zero-order chi connectivity index (χ0) is 11.9. The molecule has 2 aromatic rings. The first-order chi connectivity index (χ1) is 7.49. The average molecular weight is 224 g/mol. The van der Waals surface area contributed by atoms with Crippen molar-refractivity contribution in [2.45, 2.75) is 20.4 Å². The highest BCUT2D eigenvalue weighted by atomic mass is 19.1. The van der Waals surface area contributed by atoms with Gasteiger partial charge in [-0.25, -0.2) is 4.39 Å². The van der Waals surface area contributed by atoms with Crippen LogP contribution >= 0.6 is 0 Å². The maximum Gasteiger partial charge on any atom is 0.264 e. The monoisotopic (exact) mass is 224 g/mol. The van der Waals surface area contributed by atoms with E-state index in [0.717, 1.165) is 0 Å². The van der Waals surface area contributed by atoms with Crippen LogP contribution in [0, 0.1) is 11.7 Å². The number of nitrogens with zero attached hydrogens (tertiary/aromatic N) is 2. The predicted octanol–water partition coefficient (Wildman–Crippen LogP) is 1.10. The van der Waals surface area contributed by atoms with Gasteiger partial charge in [0.1, 0.15) is 5.39 Å². The van der Waals surface area contributed by atoms with Gasteiger partial charge < -0.3 is 10.3 Å². The number of aromatic amines is 1. The van der Waals surface area contributed by atoms with Crippen molar-refractivity contribution < 1.29 is 4.39 Å². The first-order valence-electron chi connectivity index (χ1n) is 5.03. The van der Waals surface area contributed by atoms with Crippen molar-refractivity contribution in [1.82, 2.24) is 14.5 Å². The SMILES string of the molecule is CC(C)Cn1cc(F)c2c(=O)[nH]c(N)nc21. The lowest BCUT2D eigenvalue weighted by Crippen LogP contribution is -2.13. The molecular formula is C10H13FN4O. The van der Waals surface area contributed by atoms with E-state index in [0.29, 0.717) is 18.1 Å². The highest BCUT2D eigenvalue weighted by Gasteiger charge is 2.14. The lowest BCUT2D eigenvalue weighted by molar-refractivity contribution is 0.524. The Hall–Kier alpha value is -1.85. The largest absolute Gasteiger partial charge is 0.369 e. The molecule has 0 saturated heterocycles. The number of nitrogens with two attached hydrogens (primary N) is 1. The van der Waals surface area contributed by atoms with Crippen molar-refractivity contribution in [2.75, 3.05) is 5.73 Å². The van der Waals surface area contributed by atoms with Crippen molar-refractivity contribution in [3.05, 3.63) is 22.4 Å². The van der Waals surface area contributed by atoms with Crippen LogP contribution in [0.15, 0.2) is 11.0 Å². The number of rotatable bonds is 2. The van der Waals surface area contributed by atoms with Crippen LogP contribution in [0.3, 0.4) is 0 Å². The molecule has 0 unspecified atom stereocenters. The number of H-pyrrole nitrogens is 1. The molecule has 0 aromatic carbocycles. The molecule has 2 rings (SSSR count). The van der Waals surface area contributed by atoms with Gasteiger partial charge in [0, 0.05) is 12.7 Å². The standard InChI is InChI=1S/C10H13FN4O/c1-5(2)3-15-4-6(11)7-8(15)13-10(12)14-9(7)16/h4-5H,3H2,1-2H3,(H3,12,13,14,16). The second-order valence-electron chi connectivity index (χ2n) is 4.17. The third-order valence-electron chi connectivity index (χ3n) is 2.26. The Bertz CT molecular complexity index is 584. The molecule has 0 spiro atoms. The van der Waals surface area contributed by atoms with Gasteiger partial charge in [0.15, 0.2) is 11.5 Å². The summed E-state index contributed by atoms with van der Waals surface area (Å²) >= 11 is 0. The van der Waals surface area contributed by atoms with E-state index in [9.17, 15) is 9.18 Å². The Morgan fingerprint density at radius 3 is 2.94 bits per heavy atom. The Balaban J connectivity index is 2.73. The lowest BCUT2D eigenvalue weighted by atomic mass is 10.2. The van der Waals surface area contributed by atoms with Gasteiger partial charge in [0.25, 0.3) is 5.56 Å². The van der Waals surface area contributed by atoms with Crippen molar-refractivity contribution in [3.8, 4) is 0 Å². The predicted molar refractivity (Wildman–Crippen MR) is 59.6 cm³/mol. The van der Waals surface area contributed by atoms with Gasteiger partial charge in [-0.1, -0.05) is 13.8 Å². The summed E-state index contributed by atoms with van der Waals surface area (Å²) in [6.07, 6.45) is 1.28. The van der Waals surface area contributed by atoms with Crippen LogP contribution in [0.25, 0.3) is 11.0 Å². The van der Waals surface area contributed by atoms with Crippen LogP contribution in [0.1, 0.15) is 13.8 Å². The van der Waals surface area contributed by atoms with Gasteiger partial charge in [0.05, 0.1) is 0 Å². The second kappa shape index (κ2) is 3.62. The summed E-state index contributed by atoms with van der Waals surface area (Å²) in [5, 5.41) is -0.0325. The second-order valence-corrected chi connectivity index (χ2v) is 4.17. The zero-order valence-electron chi connectivity index (χ0n) is 9.12. The van der Waals surface area contributed by atoms with E-state index in [1.165, 1.54) is 6.20 Å². The number of fused-ring (bicyclic) bond motifs is 1. The zero-order valence-corrected chi connectivity index (χ0v) is 9.12. The Morgan fingerprint density at radius 1 is 1.62 bits per heavy atom. The molecule has 0 atom stereocenters. The first kappa shape index (κ1) is 10.7. The Morgan fingerprint density at radius 2 is 2.31 bits per heavy atom. The number of nitrogen functional groups attached to an aromatic ring is 1. The molecule has 0 aliphatic heterocycles. The molecular weight excluding hydrogens is 211 g/mol. The van der Waals surface area contributed by atoms with Gasteiger partial charge in [-0.2, -0.15) is 4.98 Å². The highest BCUT2D eigenvalue weighted by Crippen LogP contribution is 2.16. The smallest absolute Gasteiger partial charge is 0.264 e. The van der Waals surface area contributed by atoms with Crippen molar-refractivity contribution in [3.63, 3.8) is 0 Å². The maximum atomic E-state index is 13.5. The molecule has 0 saturated carbocycles. The minimum absolute atomic E-state index is 0.000561. The number of halogens is 1. The van der Waals surface area contributed by atoms with Gasteiger partial charge in [-0.15, -0.1) is 0 Å². The summed E-state index contributed by atoms with van der Waals surface area (Å²) in [4.78, 5) is 17.7. The van der Waals surface area contributed by atoms with Gasteiger partial charge >= 0.3 is 0 Å². The molecule has 2 heterocycles. The topological polar surface area (TPSA) is 76.7 Å². The number of nitrogens with one attached hydrogen (secondary N) is 1. The molecule has 5 nitrogen and oxygen atoms in total. The maximum absolute atomic E-state index is 13.5. The normalized spacial score (nSPS) is 11.5. The molecule has 2 aromatic heterocycles. The quantitative estimate of drug-likeness (QED) is 0.802. The van der Waals surface area contributed by atoms with E-state index in [-0.39, 0.29) is 11.3 Å². The van der Waals surface area contributed by atoms with Crippen molar-refractivity contribution >= 4 is 17.0 Å². The molecule has 0 aliphatic carbocycles. The van der Waals surface area contributed by atoms with Crippen molar-refractivity contribution in [1.29, 1.82) is 0 Å². The molecule has 0 radical (unpaired) electrons. The van der Waals surface area contributed by atoms with Crippen LogP contribution in [0.2, 0.25) is 0 Å². The van der Waals surface area contributed by atoms with Crippen LogP contribution in [-0.4, -0.2) is 14.5 Å². The molecule has 16 heavy (non-hydrogen) atoms. The van der Waals surface area contributed by atoms with Crippen LogP contribution in [0.4, 0.5) is 10.3 Å². The molecule has 0 bridgehead atoms. The minimum atomic E-state index is -0.565. The number of hydrogen-bond acceptors (Lipinski definition) is 3. The van der Waals surface area contributed by atoms with Crippen LogP contribution < -0.4 is 11.3 Å². The summed E-state index contributed by atoms with van der Waals surface area (Å²) in [6.45, 7) is 4.59. The summed E-state index contributed by atoms with van der Waals surface area (Å²) in [5.41, 5.74) is 5.19. The fraction of sp³-hybridized carbons (Fsp3) is 0.400. The summed E-state index contributed by atoms with van der Waals surface area (Å²) in [7, 11) is 0. The van der Waals surface area contributed by atoms with E-state index < -0.39 is 11.4 Å². The van der Waals surface area contributed by atoms with Gasteiger partial charge in [-0.3, -0.25) is 9.78 Å². The van der Waals surface area contributed by atoms with Gasteiger partial charge in [-0.05, 0) is 5.92 Å². The Labute approximate surface area is 91.1 Å². The highest BCUT2D eigenvalue weighted by molar-refractivity contribution is 5.76. The van der Waals surface area contributed by atoms with E-state index in [2.05, 4.69) is 9.97 Å². The van der Waals surface area contributed by atoms with E-state index in [1.807, 2.05) is 13.8 Å². The first-order valence-corrected chi connectivity index (χ1v) is 5.03. The average Bonchev–Trinajstić information content (AvgIpc) is 2.41. The fourth-order valence-corrected chi connectivity index (χ4v) is 1.70. The summed E-state index contributed by atoms with van der Waals surface area (Å²) < 4.78 is 15.1. The minimum Gasteiger partial charge on any atom is -0.369 e. The molecule has 6 heteroatoms. The number of anilines is 1. The number of hydrogen-bond donors (Lipinski definition) is 2. The molecule has 0 amide bonds. The number of aromatic nitrogens is 3. The summed E-state index contributed by atoms with van der Waals surface area (Å²) in [5.74, 6) is -0.234. The molecule has 86 valence electrons. The molecule has 0 aliphatic rings. The van der Waals surface area contributed by atoms with E-state index >= 15 is 0 Å². The third kappa shape index (κ3) is 1.66. The van der Waals surface area contributed by atoms with E-state index in [4.69, 9.17) is 5.73 Å². The molecule has 0 fully saturated rings. The lowest BCUT2D eigenvalue weighted by Gasteiger charge is -2.06. The van der Waals surface area contributed by atoms with Crippen LogP contribution in [-0.2, 0) is 6.54 Å². The third-order valence-corrected chi connectivity index (χ3v) is 2.26. The Kier molecular flexibility index (Phi) is 2.41. The van der Waals surface area contributed by atoms with E-state index in [1.54, 1.807) is 4.57 Å². The van der Waals surface area contributed by atoms with Crippen molar-refractivity contribution in [2.24, 2.45) is 5.92 Å². The molecule has 3 N–H and O–H groups in total. The van der Waals surface area contributed by atoms with Crippen LogP contribution in [0.5, 0.6) is 0 Å². The fourth-order valence-electron chi connectivity index (χ4n) is 1.70.